The second-order valence-corrected chi connectivity index (χ2v) is 6.70. The van der Waals surface area contributed by atoms with E-state index in [1.807, 2.05) is 18.2 Å². The van der Waals surface area contributed by atoms with Gasteiger partial charge in [0.2, 0.25) is 5.91 Å². The standard InChI is InChI=1S/C18H25N3O3/c22-15-11-16(17(23)19-13-7-3-1-4-8-13)21(12-15)18(24)20-14-9-5-2-6-10-14/h2,5-6,9-10,13,15-16,22H,1,3-4,7-8,11-12H2,(H,19,23)(H,20,24)/t15-,16+/m0/s1. The zero-order valence-electron chi connectivity index (χ0n) is 13.8. The highest BCUT2D eigenvalue weighted by atomic mass is 16.3. The van der Waals surface area contributed by atoms with Gasteiger partial charge in [0, 0.05) is 24.7 Å². The van der Waals surface area contributed by atoms with Crippen LogP contribution in [0.5, 0.6) is 0 Å². The van der Waals surface area contributed by atoms with Crippen LogP contribution in [0.2, 0.25) is 0 Å². The van der Waals surface area contributed by atoms with Gasteiger partial charge < -0.3 is 20.6 Å². The molecule has 2 aliphatic rings. The normalized spacial score (nSPS) is 24.6. The molecule has 0 radical (unpaired) electrons. The van der Waals surface area contributed by atoms with Gasteiger partial charge in [-0.1, -0.05) is 37.5 Å². The van der Waals surface area contributed by atoms with Crippen molar-refractivity contribution in [1.82, 2.24) is 10.2 Å². The van der Waals surface area contributed by atoms with Crippen molar-refractivity contribution in [3.8, 4) is 0 Å². The second kappa shape index (κ2) is 7.66. The number of nitrogens with one attached hydrogen (secondary N) is 2. The van der Waals surface area contributed by atoms with E-state index < -0.39 is 12.1 Å². The molecule has 1 aromatic carbocycles. The number of aliphatic hydroxyl groups is 1. The highest BCUT2D eigenvalue weighted by Gasteiger charge is 2.39. The number of amides is 3. The molecule has 3 amide bonds. The Morgan fingerprint density at radius 3 is 2.50 bits per heavy atom. The van der Waals surface area contributed by atoms with Crippen LogP contribution in [-0.4, -0.2) is 46.7 Å². The van der Waals surface area contributed by atoms with Gasteiger partial charge in [0.1, 0.15) is 6.04 Å². The fourth-order valence-corrected chi connectivity index (χ4v) is 3.55. The Hall–Kier alpha value is -2.08. The third-order valence-corrected chi connectivity index (χ3v) is 4.82. The van der Waals surface area contributed by atoms with Crippen molar-refractivity contribution in [3.63, 3.8) is 0 Å². The highest BCUT2D eigenvalue weighted by molar-refractivity contribution is 5.94. The molecule has 2 fully saturated rings. The average Bonchev–Trinajstić information content (AvgIpc) is 2.99. The lowest BCUT2D eigenvalue weighted by Crippen LogP contribution is -2.50. The number of urea groups is 1. The maximum atomic E-state index is 12.6. The third-order valence-electron chi connectivity index (χ3n) is 4.82. The first-order valence-electron chi connectivity index (χ1n) is 8.74. The van der Waals surface area contributed by atoms with Crippen LogP contribution in [-0.2, 0) is 4.79 Å². The van der Waals surface area contributed by atoms with E-state index in [9.17, 15) is 14.7 Å². The molecule has 0 unspecified atom stereocenters. The molecule has 1 heterocycles. The van der Waals surface area contributed by atoms with Gasteiger partial charge in [0.05, 0.1) is 6.10 Å². The fourth-order valence-electron chi connectivity index (χ4n) is 3.55. The average molecular weight is 331 g/mol. The number of benzene rings is 1. The molecule has 1 aliphatic heterocycles. The van der Waals surface area contributed by atoms with Crippen LogP contribution >= 0.6 is 0 Å². The Morgan fingerprint density at radius 2 is 1.79 bits per heavy atom. The number of anilines is 1. The first-order valence-corrected chi connectivity index (χ1v) is 8.74. The van der Waals surface area contributed by atoms with Crippen molar-refractivity contribution in [1.29, 1.82) is 0 Å². The molecule has 1 aliphatic carbocycles. The summed E-state index contributed by atoms with van der Waals surface area (Å²) in [5, 5.41) is 15.8. The number of nitrogens with zero attached hydrogens (tertiary/aromatic N) is 1. The lowest BCUT2D eigenvalue weighted by molar-refractivity contribution is -0.125. The smallest absolute Gasteiger partial charge is 0.322 e. The minimum atomic E-state index is -0.659. The lowest BCUT2D eigenvalue weighted by Gasteiger charge is -2.28. The van der Waals surface area contributed by atoms with Gasteiger partial charge >= 0.3 is 6.03 Å². The molecular formula is C18H25N3O3. The molecule has 1 aromatic rings. The summed E-state index contributed by atoms with van der Waals surface area (Å²) in [5.41, 5.74) is 0.676. The number of likely N-dealkylation sites (tertiary alicyclic amines) is 1. The van der Waals surface area contributed by atoms with E-state index in [2.05, 4.69) is 10.6 Å². The molecule has 24 heavy (non-hydrogen) atoms. The minimum Gasteiger partial charge on any atom is -0.391 e. The molecule has 2 atom stereocenters. The molecule has 6 heteroatoms. The number of carbonyl (C=O) groups excluding carboxylic acids is 2. The van der Waals surface area contributed by atoms with Crippen molar-refractivity contribution in [3.05, 3.63) is 30.3 Å². The largest absolute Gasteiger partial charge is 0.391 e. The van der Waals surface area contributed by atoms with Gasteiger partial charge in [-0.05, 0) is 25.0 Å². The number of hydrogen-bond acceptors (Lipinski definition) is 3. The van der Waals surface area contributed by atoms with E-state index in [4.69, 9.17) is 0 Å². The van der Waals surface area contributed by atoms with E-state index in [0.29, 0.717) is 12.1 Å². The lowest BCUT2D eigenvalue weighted by atomic mass is 9.95. The first-order chi connectivity index (χ1) is 11.6. The Balaban J connectivity index is 1.62. The molecule has 0 spiro atoms. The number of hydrogen-bond donors (Lipinski definition) is 3. The predicted molar refractivity (Wildman–Crippen MR) is 91.6 cm³/mol. The Kier molecular flexibility index (Phi) is 5.35. The van der Waals surface area contributed by atoms with Crippen LogP contribution in [0, 0.1) is 0 Å². The van der Waals surface area contributed by atoms with Crippen LogP contribution in [0.4, 0.5) is 10.5 Å². The summed E-state index contributed by atoms with van der Waals surface area (Å²) < 4.78 is 0. The van der Waals surface area contributed by atoms with Crippen molar-refractivity contribution in [2.24, 2.45) is 0 Å². The van der Waals surface area contributed by atoms with Crippen LogP contribution in [0.25, 0.3) is 0 Å². The molecular weight excluding hydrogens is 306 g/mol. The monoisotopic (exact) mass is 331 g/mol. The molecule has 0 bridgehead atoms. The van der Waals surface area contributed by atoms with E-state index >= 15 is 0 Å². The molecule has 1 saturated carbocycles. The highest BCUT2D eigenvalue weighted by Crippen LogP contribution is 2.22. The van der Waals surface area contributed by atoms with Crippen molar-refractivity contribution in [2.75, 3.05) is 11.9 Å². The van der Waals surface area contributed by atoms with Gasteiger partial charge in [0.15, 0.2) is 0 Å². The predicted octanol–water partition coefficient (Wildman–Crippen LogP) is 2.10. The summed E-state index contributed by atoms with van der Waals surface area (Å²) in [5.74, 6) is -0.151. The van der Waals surface area contributed by atoms with Crippen LogP contribution in [0.3, 0.4) is 0 Å². The quantitative estimate of drug-likeness (QED) is 0.793. The first kappa shape index (κ1) is 16.8. The van der Waals surface area contributed by atoms with Gasteiger partial charge in [-0.2, -0.15) is 0 Å². The molecule has 130 valence electrons. The minimum absolute atomic E-state index is 0.151. The fraction of sp³-hybridized carbons (Fsp3) is 0.556. The van der Waals surface area contributed by atoms with Gasteiger partial charge in [-0.3, -0.25) is 4.79 Å². The molecule has 6 nitrogen and oxygen atoms in total. The summed E-state index contributed by atoms with van der Waals surface area (Å²) in [6, 6.07) is 8.37. The summed E-state index contributed by atoms with van der Waals surface area (Å²) in [6.45, 7) is 0.182. The van der Waals surface area contributed by atoms with E-state index in [1.165, 1.54) is 11.3 Å². The molecule has 1 saturated heterocycles. The van der Waals surface area contributed by atoms with Crippen LogP contribution in [0.15, 0.2) is 30.3 Å². The number of β-amino-alcohol motifs (C(OH)–C–C–N with tert-alkyl or cyclic N) is 1. The maximum absolute atomic E-state index is 12.6. The summed E-state index contributed by atoms with van der Waals surface area (Å²) in [6.07, 6.45) is 5.12. The zero-order valence-corrected chi connectivity index (χ0v) is 13.8. The van der Waals surface area contributed by atoms with Crippen LogP contribution in [0.1, 0.15) is 38.5 Å². The number of para-hydroxylation sites is 1. The van der Waals surface area contributed by atoms with Crippen molar-refractivity contribution in [2.45, 2.75) is 56.7 Å². The van der Waals surface area contributed by atoms with Crippen molar-refractivity contribution >= 4 is 17.6 Å². The molecule has 0 aromatic heterocycles. The molecule has 3 N–H and O–H groups in total. The second-order valence-electron chi connectivity index (χ2n) is 6.70. The van der Waals surface area contributed by atoms with E-state index in [1.54, 1.807) is 12.1 Å². The third kappa shape index (κ3) is 4.06. The van der Waals surface area contributed by atoms with E-state index in [-0.39, 0.29) is 24.5 Å². The zero-order chi connectivity index (χ0) is 16.9. The Labute approximate surface area is 142 Å². The topological polar surface area (TPSA) is 81.7 Å². The summed E-state index contributed by atoms with van der Waals surface area (Å²) in [7, 11) is 0. The van der Waals surface area contributed by atoms with Crippen molar-refractivity contribution < 1.29 is 14.7 Å². The maximum Gasteiger partial charge on any atom is 0.322 e. The van der Waals surface area contributed by atoms with E-state index in [0.717, 1.165) is 25.7 Å². The van der Waals surface area contributed by atoms with Gasteiger partial charge in [-0.15, -0.1) is 0 Å². The number of carbonyl (C=O) groups is 2. The summed E-state index contributed by atoms with van der Waals surface area (Å²) >= 11 is 0. The van der Waals surface area contributed by atoms with Gasteiger partial charge in [0.25, 0.3) is 0 Å². The van der Waals surface area contributed by atoms with Crippen LogP contribution < -0.4 is 10.6 Å². The molecule has 3 rings (SSSR count). The SMILES string of the molecule is O=C(NC1CCCCC1)[C@H]1C[C@H](O)CN1C(=O)Nc1ccccc1. The Morgan fingerprint density at radius 1 is 1.08 bits per heavy atom. The summed E-state index contributed by atoms with van der Waals surface area (Å²) in [4.78, 5) is 26.5. The van der Waals surface area contributed by atoms with Gasteiger partial charge in [-0.25, -0.2) is 4.79 Å². The Bertz CT molecular complexity index is 572. The number of rotatable bonds is 3. The number of aliphatic hydroxyl groups excluding tert-OH is 1.